The third-order valence-electron chi connectivity index (χ3n) is 7.04. The molecular weight excluding hydrogens is 420 g/mol. The van der Waals surface area contributed by atoms with Gasteiger partial charge in [-0.2, -0.15) is 0 Å². The second kappa shape index (κ2) is 8.28. The molecule has 7 nitrogen and oxygen atoms in total. The van der Waals surface area contributed by atoms with E-state index in [1.54, 1.807) is 0 Å². The number of carboxylic acid groups (broad SMARTS) is 1. The molecule has 2 fully saturated rings. The third kappa shape index (κ3) is 3.93. The second-order valence-electron chi connectivity index (χ2n) is 8.95. The zero-order valence-corrected chi connectivity index (χ0v) is 18.0. The van der Waals surface area contributed by atoms with Crippen molar-refractivity contribution >= 4 is 18.0 Å². The number of fused-ring (bicyclic) bond motifs is 4. The van der Waals surface area contributed by atoms with Crippen LogP contribution >= 0.6 is 0 Å². The maximum atomic E-state index is 12.1. The van der Waals surface area contributed by atoms with E-state index in [1.807, 2.05) is 24.3 Å². The first-order chi connectivity index (χ1) is 16.0. The van der Waals surface area contributed by atoms with Gasteiger partial charge in [0.1, 0.15) is 6.61 Å². The van der Waals surface area contributed by atoms with Crippen molar-refractivity contribution in [3.05, 3.63) is 59.7 Å². The van der Waals surface area contributed by atoms with Gasteiger partial charge in [0.05, 0.1) is 12.0 Å². The average molecular weight is 444 g/mol. The van der Waals surface area contributed by atoms with Crippen molar-refractivity contribution in [1.82, 2.24) is 10.6 Å². The summed E-state index contributed by atoms with van der Waals surface area (Å²) in [7, 11) is 0. The smallest absolute Gasteiger partial charge is 0.407 e. The van der Waals surface area contributed by atoms with Crippen LogP contribution in [0.5, 0.6) is 0 Å². The molecule has 2 aromatic carbocycles. The van der Waals surface area contributed by atoms with Gasteiger partial charge in [-0.05, 0) is 53.4 Å². The van der Waals surface area contributed by atoms with Gasteiger partial charge in [-0.25, -0.2) is 4.79 Å². The van der Waals surface area contributed by atoms with Crippen molar-refractivity contribution in [2.45, 2.75) is 31.2 Å². The van der Waals surface area contributed by atoms with Crippen LogP contribution in [0.1, 0.15) is 36.3 Å². The maximum Gasteiger partial charge on any atom is 0.407 e. The minimum atomic E-state index is -0.775. The Balaban J connectivity index is 1.08. The van der Waals surface area contributed by atoms with E-state index in [0.29, 0.717) is 19.3 Å². The Hall–Kier alpha value is -3.79. The number of ether oxygens (including phenoxy) is 1. The molecule has 2 saturated carbocycles. The number of hydrogen-bond donors (Lipinski definition) is 3. The Morgan fingerprint density at radius 1 is 1.03 bits per heavy atom. The van der Waals surface area contributed by atoms with Gasteiger partial charge in [-0.3, -0.25) is 9.59 Å². The van der Waals surface area contributed by atoms with Crippen LogP contribution in [0.4, 0.5) is 4.79 Å². The van der Waals surface area contributed by atoms with E-state index in [9.17, 15) is 19.5 Å². The molecule has 7 heteroatoms. The lowest BCUT2D eigenvalue weighted by Gasteiger charge is -2.14. The SMILES string of the molecule is O=C(C#CCNC(=O)OCC1c2ccccc2-c2ccccc21)N[C@@H]1C[C@H]2C[C@@]2(C(=O)O)C1. The quantitative estimate of drug-likeness (QED) is 0.615. The molecule has 3 aliphatic carbocycles. The van der Waals surface area contributed by atoms with Gasteiger partial charge in [0, 0.05) is 12.0 Å². The number of carboxylic acids is 1. The number of carbonyl (C=O) groups is 3. The first kappa shape index (κ1) is 21.1. The highest BCUT2D eigenvalue weighted by Gasteiger charge is 2.65. The number of rotatable bonds is 5. The average Bonchev–Trinajstić information content (AvgIpc) is 3.24. The van der Waals surface area contributed by atoms with E-state index in [-0.39, 0.29) is 31.0 Å². The fourth-order valence-electron chi connectivity index (χ4n) is 5.38. The predicted molar refractivity (Wildman–Crippen MR) is 120 cm³/mol. The van der Waals surface area contributed by atoms with Crippen LogP contribution in [0, 0.1) is 23.2 Å². The number of amides is 2. The summed E-state index contributed by atoms with van der Waals surface area (Å²) in [5, 5.41) is 14.6. The molecule has 0 heterocycles. The van der Waals surface area contributed by atoms with E-state index in [0.717, 1.165) is 22.3 Å². The number of hydrogen-bond acceptors (Lipinski definition) is 4. The number of benzene rings is 2. The van der Waals surface area contributed by atoms with Gasteiger partial charge < -0.3 is 20.5 Å². The second-order valence-corrected chi connectivity index (χ2v) is 8.95. The molecule has 0 aliphatic heterocycles. The van der Waals surface area contributed by atoms with E-state index in [1.165, 1.54) is 0 Å². The molecule has 2 aromatic rings. The number of nitrogens with one attached hydrogen (secondary N) is 2. The third-order valence-corrected chi connectivity index (χ3v) is 7.04. The van der Waals surface area contributed by atoms with Crippen molar-refractivity contribution in [2.24, 2.45) is 11.3 Å². The van der Waals surface area contributed by atoms with Gasteiger partial charge in [0.25, 0.3) is 5.91 Å². The van der Waals surface area contributed by atoms with Gasteiger partial charge >= 0.3 is 12.1 Å². The van der Waals surface area contributed by atoms with Gasteiger partial charge in [0.2, 0.25) is 0 Å². The van der Waals surface area contributed by atoms with Crippen LogP contribution in [0.25, 0.3) is 11.1 Å². The molecule has 33 heavy (non-hydrogen) atoms. The highest BCUT2D eigenvalue weighted by atomic mass is 16.5. The molecule has 168 valence electrons. The topological polar surface area (TPSA) is 105 Å². The summed E-state index contributed by atoms with van der Waals surface area (Å²) < 4.78 is 5.43. The molecule has 0 unspecified atom stereocenters. The van der Waals surface area contributed by atoms with E-state index in [4.69, 9.17) is 4.74 Å². The molecule has 3 aliphatic rings. The zero-order chi connectivity index (χ0) is 23.0. The highest BCUT2D eigenvalue weighted by Crippen LogP contribution is 2.63. The molecular formula is C26H24N2O5. The molecule has 0 radical (unpaired) electrons. The Bertz CT molecular complexity index is 1150. The van der Waals surface area contributed by atoms with Crippen LogP contribution in [0.2, 0.25) is 0 Å². The normalized spacial score (nSPS) is 23.9. The van der Waals surface area contributed by atoms with E-state index in [2.05, 4.69) is 46.7 Å². The summed E-state index contributed by atoms with van der Waals surface area (Å²) in [6.07, 6.45) is 1.24. The summed E-state index contributed by atoms with van der Waals surface area (Å²) in [6, 6.07) is 16.1. The molecule has 0 saturated heterocycles. The number of aliphatic carboxylic acids is 1. The number of carbonyl (C=O) groups excluding carboxylic acids is 2. The molecule has 2 amide bonds. The van der Waals surface area contributed by atoms with Crippen LogP contribution < -0.4 is 10.6 Å². The van der Waals surface area contributed by atoms with Crippen LogP contribution in [-0.4, -0.2) is 42.3 Å². The standard InChI is InChI=1S/C26H24N2O5/c29-23(28-17-12-16-13-26(16,14-17)24(30)31)10-5-11-27-25(32)33-15-22-20-8-3-1-6-18(20)19-7-2-4-9-21(19)22/h1-4,6-9,16-17,22H,11-15H2,(H,27,32)(H,28,29)(H,30,31)/t16-,17+,26+/m0/s1. The molecule has 0 spiro atoms. The lowest BCUT2D eigenvalue weighted by atomic mass is 9.98. The minimum absolute atomic E-state index is 0.0174. The van der Waals surface area contributed by atoms with Crippen molar-refractivity contribution in [2.75, 3.05) is 13.2 Å². The Morgan fingerprint density at radius 3 is 2.33 bits per heavy atom. The molecule has 5 rings (SSSR count). The van der Waals surface area contributed by atoms with Crippen LogP contribution in [0.3, 0.4) is 0 Å². The fraction of sp³-hybridized carbons (Fsp3) is 0.346. The summed E-state index contributed by atoms with van der Waals surface area (Å²) in [6.45, 7) is 0.193. The minimum Gasteiger partial charge on any atom is -0.481 e. The lowest BCUT2D eigenvalue weighted by Crippen LogP contribution is -2.34. The Labute approximate surface area is 191 Å². The summed E-state index contributed by atoms with van der Waals surface area (Å²) >= 11 is 0. The summed E-state index contributed by atoms with van der Waals surface area (Å²) in [5.41, 5.74) is 3.95. The van der Waals surface area contributed by atoms with Crippen molar-refractivity contribution < 1.29 is 24.2 Å². The van der Waals surface area contributed by atoms with Gasteiger partial charge in [-0.15, -0.1) is 0 Å². The van der Waals surface area contributed by atoms with Gasteiger partial charge in [-0.1, -0.05) is 54.5 Å². The van der Waals surface area contributed by atoms with E-state index >= 15 is 0 Å². The molecule has 0 aromatic heterocycles. The zero-order valence-electron chi connectivity index (χ0n) is 18.0. The van der Waals surface area contributed by atoms with E-state index < -0.39 is 23.4 Å². The molecule has 3 N–H and O–H groups in total. The summed E-state index contributed by atoms with van der Waals surface area (Å²) in [5.74, 6) is 3.95. The number of alkyl carbamates (subject to hydrolysis) is 1. The first-order valence-electron chi connectivity index (χ1n) is 11.1. The lowest BCUT2D eigenvalue weighted by molar-refractivity contribution is -0.143. The Morgan fingerprint density at radius 2 is 1.70 bits per heavy atom. The van der Waals surface area contributed by atoms with Crippen LogP contribution in [-0.2, 0) is 14.3 Å². The van der Waals surface area contributed by atoms with Crippen LogP contribution in [0.15, 0.2) is 48.5 Å². The largest absolute Gasteiger partial charge is 0.481 e. The first-order valence-corrected chi connectivity index (χ1v) is 11.1. The highest BCUT2D eigenvalue weighted by molar-refractivity contribution is 5.94. The fourth-order valence-corrected chi connectivity index (χ4v) is 5.38. The monoisotopic (exact) mass is 444 g/mol. The van der Waals surface area contributed by atoms with Crippen molar-refractivity contribution in [3.8, 4) is 23.0 Å². The van der Waals surface area contributed by atoms with Crippen molar-refractivity contribution in [3.63, 3.8) is 0 Å². The maximum absolute atomic E-state index is 12.1. The summed E-state index contributed by atoms with van der Waals surface area (Å²) in [4.78, 5) is 35.5. The molecule has 0 bridgehead atoms. The predicted octanol–water partition coefficient (Wildman–Crippen LogP) is 2.90. The Kier molecular flexibility index (Phi) is 5.29. The van der Waals surface area contributed by atoms with Crippen molar-refractivity contribution in [1.29, 1.82) is 0 Å². The van der Waals surface area contributed by atoms with Gasteiger partial charge in [0.15, 0.2) is 0 Å². The molecule has 3 atom stereocenters.